The third-order valence-corrected chi connectivity index (χ3v) is 3.69. The van der Waals surface area contributed by atoms with Crippen LogP contribution in [0.1, 0.15) is 26.3 Å². The number of carbonyl (C=O) groups excluding carboxylic acids is 3. The van der Waals surface area contributed by atoms with Crippen LogP contribution in [0.4, 0.5) is 18.9 Å². The van der Waals surface area contributed by atoms with Crippen LogP contribution in [-0.2, 0) is 15.7 Å². The van der Waals surface area contributed by atoms with Gasteiger partial charge in [-0.1, -0.05) is 6.07 Å². The van der Waals surface area contributed by atoms with E-state index in [2.05, 4.69) is 5.32 Å². The van der Waals surface area contributed by atoms with Crippen molar-refractivity contribution in [2.24, 2.45) is 0 Å². The molecule has 1 heterocycles. The molecule has 1 aliphatic heterocycles. The minimum Gasteiger partial charge on any atom is -0.482 e. The maximum Gasteiger partial charge on any atom is 0.416 e. The predicted molar refractivity (Wildman–Crippen MR) is 86.6 cm³/mol. The lowest BCUT2D eigenvalue weighted by atomic mass is 10.1. The predicted octanol–water partition coefficient (Wildman–Crippen LogP) is 3.08. The van der Waals surface area contributed by atoms with Gasteiger partial charge >= 0.3 is 12.1 Å². The fourth-order valence-electron chi connectivity index (χ4n) is 2.38. The van der Waals surface area contributed by atoms with E-state index in [-0.39, 0.29) is 23.6 Å². The van der Waals surface area contributed by atoms with E-state index in [4.69, 9.17) is 9.47 Å². The SMILES string of the molecule is O=C1COc2ccc(C(=O)COC(=O)c3cccc(C(F)(F)F)c3)cc2N1. The molecule has 0 radical (unpaired) electrons. The Labute approximate surface area is 150 Å². The minimum absolute atomic E-state index is 0.130. The average Bonchev–Trinajstić information content (AvgIpc) is 2.64. The van der Waals surface area contributed by atoms with Gasteiger partial charge < -0.3 is 14.8 Å². The molecule has 0 aliphatic carbocycles. The monoisotopic (exact) mass is 379 g/mol. The molecule has 9 heteroatoms. The number of ketones is 1. The summed E-state index contributed by atoms with van der Waals surface area (Å²) in [5.41, 5.74) is -0.852. The van der Waals surface area contributed by atoms with Gasteiger partial charge in [0.25, 0.3) is 5.91 Å². The van der Waals surface area contributed by atoms with Crippen LogP contribution in [-0.4, -0.2) is 30.9 Å². The third-order valence-electron chi connectivity index (χ3n) is 3.69. The van der Waals surface area contributed by atoms with Gasteiger partial charge in [-0.2, -0.15) is 13.2 Å². The van der Waals surface area contributed by atoms with Gasteiger partial charge in [-0.05, 0) is 36.4 Å². The van der Waals surface area contributed by atoms with Crippen molar-refractivity contribution in [3.63, 3.8) is 0 Å². The molecule has 1 N–H and O–H groups in total. The number of amides is 1. The van der Waals surface area contributed by atoms with Gasteiger partial charge in [0.05, 0.1) is 16.8 Å². The normalized spacial score (nSPS) is 13.2. The van der Waals surface area contributed by atoms with Crippen molar-refractivity contribution in [2.45, 2.75) is 6.18 Å². The molecule has 0 atom stereocenters. The third kappa shape index (κ3) is 4.25. The lowest BCUT2D eigenvalue weighted by Gasteiger charge is -2.18. The average molecular weight is 379 g/mol. The van der Waals surface area contributed by atoms with Gasteiger partial charge in [-0.25, -0.2) is 4.79 Å². The maximum atomic E-state index is 12.7. The molecule has 0 unspecified atom stereocenters. The second-order valence-electron chi connectivity index (χ2n) is 5.63. The molecule has 1 amide bonds. The highest BCUT2D eigenvalue weighted by molar-refractivity contribution is 6.02. The quantitative estimate of drug-likeness (QED) is 0.652. The van der Waals surface area contributed by atoms with Crippen LogP contribution in [0, 0.1) is 0 Å². The number of fused-ring (bicyclic) bond motifs is 1. The van der Waals surface area contributed by atoms with Gasteiger partial charge in [0.2, 0.25) is 0 Å². The molecule has 0 spiro atoms. The van der Waals surface area contributed by atoms with Gasteiger partial charge in [-0.15, -0.1) is 0 Å². The van der Waals surface area contributed by atoms with E-state index in [1.54, 1.807) is 0 Å². The van der Waals surface area contributed by atoms with Gasteiger partial charge in [-0.3, -0.25) is 9.59 Å². The van der Waals surface area contributed by atoms with E-state index in [0.717, 1.165) is 18.2 Å². The Morgan fingerprint density at radius 3 is 2.63 bits per heavy atom. The Balaban J connectivity index is 1.66. The first kappa shape index (κ1) is 18.4. The van der Waals surface area contributed by atoms with Crippen molar-refractivity contribution in [3.05, 3.63) is 59.2 Å². The van der Waals surface area contributed by atoms with Crippen LogP contribution in [0.2, 0.25) is 0 Å². The number of halogens is 3. The van der Waals surface area contributed by atoms with Crippen LogP contribution >= 0.6 is 0 Å². The van der Waals surface area contributed by atoms with Crippen molar-refractivity contribution in [1.82, 2.24) is 0 Å². The summed E-state index contributed by atoms with van der Waals surface area (Å²) in [5, 5.41) is 2.54. The fourth-order valence-corrected chi connectivity index (χ4v) is 2.38. The van der Waals surface area contributed by atoms with E-state index in [0.29, 0.717) is 17.5 Å². The van der Waals surface area contributed by atoms with Crippen LogP contribution in [0.5, 0.6) is 5.75 Å². The summed E-state index contributed by atoms with van der Waals surface area (Å²) in [6.45, 7) is -0.794. The molecule has 140 valence electrons. The molecule has 0 bridgehead atoms. The number of hydrogen-bond donors (Lipinski definition) is 1. The van der Waals surface area contributed by atoms with Crippen molar-refractivity contribution < 1.29 is 37.0 Å². The zero-order valence-electron chi connectivity index (χ0n) is 13.6. The molecule has 2 aromatic carbocycles. The Kier molecular flexibility index (Phi) is 4.85. The highest BCUT2D eigenvalue weighted by Crippen LogP contribution is 2.30. The second kappa shape index (κ2) is 7.10. The number of carbonyl (C=O) groups is 3. The number of esters is 1. The molecule has 6 nitrogen and oxygen atoms in total. The van der Waals surface area contributed by atoms with E-state index in [1.807, 2.05) is 0 Å². The summed E-state index contributed by atoms with van der Waals surface area (Å²) in [4.78, 5) is 35.4. The number of anilines is 1. The molecular formula is C18H12F3NO5. The first-order valence-electron chi connectivity index (χ1n) is 7.68. The number of ether oxygens (including phenoxy) is 2. The van der Waals surface area contributed by atoms with E-state index < -0.39 is 30.1 Å². The smallest absolute Gasteiger partial charge is 0.416 e. The maximum absolute atomic E-state index is 12.7. The van der Waals surface area contributed by atoms with Crippen molar-refractivity contribution >= 4 is 23.3 Å². The molecule has 0 saturated heterocycles. The first-order valence-corrected chi connectivity index (χ1v) is 7.68. The van der Waals surface area contributed by atoms with Crippen LogP contribution < -0.4 is 10.1 Å². The number of hydrogen-bond acceptors (Lipinski definition) is 5. The minimum atomic E-state index is -4.60. The Morgan fingerprint density at radius 1 is 1.11 bits per heavy atom. The number of rotatable bonds is 4. The largest absolute Gasteiger partial charge is 0.482 e. The molecule has 1 aliphatic rings. The van der Waals surface area contributed by atoms with Crippen LogP contribution in [0.15, 0.2) is 42.5 Å². The number of alkyl halides is 3. The highest BCUT2D eigenvalue weighted by atomic mass is 19.4. The highest BCUT2D eigenvalue weighted by Gasteiger charge is 2.31. The van der Waals surface area contributed by atoms with Gasteiger partial charge in [0.1, 0.15) is 5.75 Å². The topological polar surface area (TPSA) is 81.7 Å². The summed E-state index contributed by atoms with van der Waals surface area (Å²) < 4.78 is 48.0. The summed E-state index contributed by atoms with van der Waals surface area (Å²) in [6.07, 6.45) is -4.60. The molecule has 0 fully saturated rings. The summed E-state index contributed by atoms with van der Waals surface area (Å²) in [5.74, 6) is -1.61. The zero-order valence-corrected chi connectivity index (χ0v) is 13.6. The molecule has 2 aromatic rings. The molecule has 3 rings (SSSR count). The Bertz CT molecular complexity index is 923. The number of nitrogens with one attached hydrogen (secondary N) is 1. The summed E-state index contributed by atoms with van der Waals surface area (Å²) >= 11 is 0. The summed E-state index contributed by atoms with van der Waals surface area (Å²) in [6, 6.07) is 7.99. The van der Waals surface area contributed by atoms with E-state index >= 15 is 0 Å². The standard InChI is InChI=1S/C18H12F3NO5/c19-18(20,21)12-3-1-2-11(6-12)17(25)27-8-14(23)10-4-5-15-13(7-10)22-16(24)9-26-15/h1-7H,8-9H2,(H,22,24). The summed E-state index contributed by atoms with van der Waals surface area (Å²) in [7, 11) is 0. The van der Waals surface area contributed by atoms with Crippen LogP contribution in [0.3, 0.4) is 0 Å². The Morgan fingerprint density at radius 2 is 1.89 bits per heavy atom. The molecule has 0 saturated carbocycles. The lowest BCUT2D eigenvalue weighted by Crippen LogP contribution is -2.25. The molecule has 27 heavy (non-hydrogen) atoms. The van der Waals surface area contributed by atoms with E-state index in [9.17, 15) is 27.6 Å². The number of Topliss-reactive ketones (excluding diaryl/α,β-unsaturated/α-hetero) is 1. The lowest BCUT2D eigenvalue weighted by molar-refractivity contribution is -0.137. The van der Waals surface area contributed by atoms with Crippen LogP contribution in [0.25, 0.3) is 0 Å². The fraction of sp³-hybridized carbons (Fsp3) is 0.167. The number of benzene rings is 2. The second-order valence-corrected chi connectivity index (χ2v) is 5.63. The molecule has 0 aromatic heterocycles. The van der Waals surface area contributed by atoms with E-state index in [1.165, 1.54) is 18.2 Å². The van der Waals surface area contributed by atoms with Gasteiger partial charge in [0, 0.05) is 5.56 Å². The van der Waals surface area contributed by atoms with Crippen molar-refractivity contribution in [2.75, 3.05) is 18.5 Å². The first-order chi connectivity index (χ1) is 12.7. The molecular weight excluding hydrogens is 367 g/mol. The zero-order chi connectivity index (χ0) is 19.6. The Hall–Kier alpha value is -3.36. The van der Waals surface area contributed by atoms with Crippen molar-refractivity contribution in [3.8, 4) is 5.75 Å². The van der Waals surface area contributed by atoms with Crippen molar-refractivity contribution in [1.29, 1.82) is 0 Å². The van der Waals surface area contributed by atoms with Gasteiger partial charge in [0.15, 0.2) is 19.0 Å².